The van der Waals surface area contributed by atoms with Crippen molar-refractivity contribution >= 4 is 17.8 Å². The SMILES string of the molecule is [2H]CC(C)(C)[C@H](NC(=O)CNC(=O)CN)C(=O)O. The first-order valence-electron chi connectivity index (χ1n) is 5.73. The number of carboxylic acid groups (broad SMARTS) is 1. The largest absolute Gasteiger partial charge is 0.480 e. The van der Waals surface area contributed by atoms with Gasteiger partial charge in [-0.15, -0.1) is 0 Å². The number of rotatable bonds is 5. The molecule has 0 aliphatic rings. The second-order valence-electron chi connectivity index (χ2n) is 4.31. The van der Waals surface area contributed by atoms with Gasteiger partial charge in [0.2, 0.25) is 11.8 Å². The number of hydrogen-bond acceptors (Lipinski definition) is 4. The Labute approximate surface area is 101 Å². The average molecular weight is 246 g/mol. The maximum Gasteiger partial charge on any atom is 0.326 e. The molecule has 0 saturated carbocycles. The highest BCUT2D eigenvalue weighted by atomic mass is 16.4. The minimum Gasteiger partial charge on any atom is -0.480 e. The van der Waals surface area contributed by atoms with Gasteiger partial charge in [-0.1, -0.05) is 20.7 Å². The molecule has 0 aliphatic carbocycles. The van der Waals surface area contributed by atoms with E-state index in [9.17, 15) is 14.4 Å². The highest BCUT2D eigenvalue weighted by Crippen LogP contribution is 2.19. The van der Waals surface area contributed by atoms with Gasteiger partial charge >= 0.3 is 5.97 Å². The third kappa shape index (κ3) is 5.86. The van der Waals surface area contributed by atoms with Gasteiger partial charge in [-0.2, -0.15) is 0 Å². The Bertz CT molecular complexity index is 333. The van der Waals surface area contributed by atoms with E-state index < -0.39 is 29.2 Å². The van der Waals surface area contributed by atoms with Crippen LogP contribution in [0.15, 0.2) is 0 Å². The van der Waals surface area contributed by atoms with Crippen LogP contribution in [0.3, 0.4) is 0 Å². The average Bonchev–Trinajstić information content (AvgIpc) is 2.32. The van der Waals surface area contributed by atoms with E-state index >= 15 is 0 Å². The van der Waals surface area contributed by atoms with Crippen LogP contribution in [0.25, 0.3) is 0 Å². The Morgan fingerprint density at radius 1 is 1.41 bits per heavy atom. The monoisotopic (exact) mass is 246 g/mol. The summed E-state index contributed by atoms with van der Waals surface area (Å²) in [5.74, 6) is -2.35. The Kier molecular flexibility index (Phi) is 4.89. The number of aliphatic carboxylic acids is 1. The molecule has 0 saturated heterocycles. The molecule has 2 amide bonds. The fourth-order valence-electron chi connectivity index (χ4n) is 1.05. The van der Waals surface area contributed by atoms with Crippen LogP contribution in [0.2, 0.25) is 0 Å². The van der Waals surface area contributed by atoms with Crippen LogP contribution in [-0.2, 0) is 14.4 Å². The minimum absolute atomic E-state index is 0.153. The second kappa shape index (κ2) is 6.19. The third-order valence-electron chi connectivity index (χ3n) is 1.97. The summed E-state index contributed by atoms with van der Waals surface area (Å²) in [7, 11) is 0. The zero-order valence-electron chi connectivity index (χ0n) is 10.9. The van der Waals surface area contributed by atoms with Crippen molar-refractivity contribution in [2.75, 3.05) is 13.1 Å². The van der Waals surface area contributed by atoms with Crippen LogP contribution >= 0.6 is 0 Å². The van der Waals surface area contributed by atoms with Crippen molar-refractivity contribution in [3.63, 3.8) is 0 Å². The number of nitrogens with one attached hydrogen (secondary N) is 2. The lowest BCUT2D eigenvalue weighted by Gasteiger charge is -2.27. The summed E-state index contributed by atoms with van der Waals surface area (Å²) in [5.41, 5.74) is 4.13. The first kappa shape index (κ1) is 13.4. The van der Waals surface area contributed by atoms with E-state index in [4.69, 9.17) is 12.2 Å². The predicted molar refractivity (Wildman–Crippen MR) is 61.1 cm³/mol. The lowest BCUT2D eigenvalue weighted by molar-refractivity contribution is -0.144. The first-order chi connectivity index (χ1) is 8.24. The summed E-state index contributed by atoms with van der Waals surface area (Å²) >= 11 is 0. The second-order valence-corrected chi connectivity index (χ2v) is 4.31. The van der Waals surface area contributed by atoms with Gasteiger partial charge < -0.3 is 21.5 Å². The van der Waals surface area contributed by atoms with Crippen molar-refractivity contribution in [3.8, 4) is 0 Å². The smallest absolute Gasteiger partial charge is 0.326 e. The van der Waals surface area contributed by atoms with E-state index in [0.717, 1.165) is 0 Å². The molecule has 0 spiro atoms. The zero-order valence-corrected chi connectivity index (χ0v) is 9.95. The van der Waals surface area contributed by atoms with Crippen LogP contribution in [0.4, 0.5) is 0 Å². The number of carbonyl (C=O) groups is 3. The quantitative estimate of drug-likeness (QED) is 0.479. The Morgan fingerprint density at radius 3 is 2.41 bits per heavy atom. The summed E-state index contributed by atoms with van der Waals surface area (Å²) in [6, 6.07) is -1.18. The maximum absolute atomic E-state index is 11.4. The molecule has 0 bridgehead atoms. The van der Waals surface area contributed by atoms with Gasteiger partial charge in [-0.3, -0.25) is 9.59 Å². The van der Waals surface area contributed by atoms with Crippen molar-refractivity contribution in [1.82, 2.24) is 10.6 Å². The number of carbonyl (C=O) groups excluding carboxylic acids is 2. The standard InChI is InChI=1S/C10H19N3O4/c1-10(2,3)8(9(16)17)13-7(15)5-12-6(14)4-11/h8H,4-5,11H2,1-3H3,(H,12,14)(H,13,15)(H,16,17)/t8-/m1/s1/i1D. The molecule has 7 heteroatoms. The van der Waals surface area contributed by atoms with Crippen LogP contribution in [0.1, 0.15) is 22.1 Å². The lowest BCUT2D eigenvalue weighted by Crippen LogP contribution is -2.51. The molecule has 17 heavy (non-hydrogen) atoms. The van der Waals surface area contributed by atoms with Crippen LogP contribution in [0.5, 0.6) is 0 Å². The molecule has 0 aromatic heterocycles. The molecule has 1 atom stereocenters. The molecule has 0 unspecified atom stereocenters. The summed E-state index contributed by atoms with van der Waals surface area (Å²) in [5, 5.41) is 13.5. The van der Waals surface area contributed by atoms with Crippen molar-refractivity contribution < 1.29 is 20.9 Å². The number of carboxylic acids is 1. The molecule has 98 valence electrons. The summed E-state index contributed by atoms with van der Waals surface area (Å²) in [4.78, 5) is 33.3. The Balaban J connectivity index is 4.48. The van der Waals surface area contributed by atoms with Gasteiger partial charge in [-0.05, 0) is 5.41 Å². The molecule has 0 fully saturated rings. The fourth-order valence-corrected chi connectivity index (χ4v) is 1.05. The van der Waals surface area contributed by atoms with Crippen molar-refractivity contribution in [3.05, 3.63) is 0 Å². The Hall–Kier alpha value is -1.63. The minimum atomic E-state index is -1.22. The van der Waals surface area contributed by atoms with E-state index in [0.29, 0.717) is 0 Å². The van der Waals surface area contributed by atoms with Crippen LogP contribution in [-0.4, -0.2) is 42.0 Å². The third-order valence-corrected chi connectivity index (χ3v) is 1.97. The summed E-state index contributed by atoms with van der Waals surface area (Å²) in [6.07, 6.45) is 0. The van der Waals surface area contributed by atoms with Crippen molar-refractivity contribution in [1.29, 1.82) is 0 Å². The first-order valence-corrected chi connectivity index (χ1v) is 5.02. The molecule has 0 radical (unpaired) electrons. The predicted octanol–water partition coefficient (Wildman–Crippen LogP) is -1.32. The molecule has 0 heterocycles. The summed E-state index contributed by atoms with van der Waals surface area (Å²) in [6.45, 7) is 2.40. The van der Waals surface area contributed by atoms with Crippen LogP contribution in [0, 0.1) is 5.41 Å². The molecule has 7 nitrogen and oxygen atoms in total. The zero-order chi connectivity index (χ0) is 14.3. The van der Waals surface area contributed by atoms with Crippen molar-refractivity contribution in [2.24, 2.45) is 11.1 Å². The normalized spacial score (nSPS) is 13.5. The van der Waals surface area contributed by atoms with E-state index in [1.54, 1.807) is 13.8 Å². The molecule has 0 rings (SSSR count). The molecule has 5 N–H and O–H groups in total. The number of hydrogen-bond donors (Lipinski definition) is 4. The molecule has 0 aliphatic heterocycles. The molecular weight excluding hydrogens is 226 g/mol. The molecule has 0 aromatic rings. The Morgan fingerprint density at radius 2 is 2.00 bits per heavy atom. The summed E-state index contributed by atoms with van der Waals surface area (Å²) < 4.78 is 7.27. The fraction of sp³-hybridized carbons (Fsp3) is 0.700. The number of amides is 2. The van der Waals surface area contributed by atoms with Crippen molar-refractivity contribution in [2.45, 2.75) is 26.8 Å². The van der Waals surface area contributed by atoms with E-state index in [2.05, 4.69) is 10.6 Å². The van der Waals surface area contributed by atoms with E-state index in [-0.39, 0.29) is 20.0 Å². The van der Waals surface area contributed by atoms with Crippen LogP contribution < -0.4 is 16.4 Å². The van der Waals surface area contributed by atoms with E-state index in [1.807, 2.05) is 0 Å². The van der Waals surface area contributed by atoms with Gasteiger partial charge in [0.05, 0.1) is 13.1 Å². The topological polar surface area (TPSA) is 122 Å². The van der Waals surface area contributed by atoms with Gasteiger partial charge in [0, 0.05) is 1.37 Å². The van der Waals surface area contributed by atoms with Gasteiger partial charge in [0.15, 0.2) is 0 Å². The molecule has 0 aromatic carbocycles. The highest BCUT2D eigenvalue weighted by Gasteiger charge is 2.32. The number of nitrogens with two attached hydrogens (primary N) is 1. The maximum atomic E-state index is 11.4. The van der Waals surface area contributed by atoms with Gasteiger partial charge in [-0.25, -0.2) is 4.79 Å². The highest BCUT2D eigenvalue weighted by molar-refractivity contribution is 5.88. The van der Waals surface area contributed by atoms with Gasteiger partial charge in [0.25, 0.3) is 0 Å². The molecular formula is C10H19N3O4. The van der Waals surface area contributed by atoms with E-state index in [1.165, 1.54) is 0 Å². The van der Waals surface area contributed by atoms with Gasteiger partial charge in [0.1, 0.15) is 6.04 Å². The lowest BCUT2D eigenvalue weighted by atomic mass is 9.87.